The third-order valence-corrected chi connectivity index (χ3v) is 6.75. The minimum absolute atomic E-state index is 0.385. The van der Waals surface area contributed by atoms with Crippen LogP contribution in [0.25, 0.3) is 17.2 Å². The van der Waals surface area contributed by atoms with Crippen LogP contribution < -0.4 is 9.47 Å². The first-order valence-corrected chi connectivity index (χ1v) is 14.3. The van der Waals surface area contributed by atoms with Crippen LogP contribution in [0.3, 0.4) is 0 Å². The quantitative estimate of drug-likeness (QED) is 0.132. The highest BCUT2D eigenvalue weighted by Gasteiger charge is 2.23. The molecule has 0 heterocycles. The Labute approximate surface area is 186 Å². The minimum Gasteiger partial charge on any atom is -0.493 e. The summed E-state index contributed by atoms with van der Waals surface area (Å²) in [5, 5.41) is 0. The van der Waals surface area contributed by atoms with E-state index in [2.05, 4.69) is 4.74 Å². The molecule has 0 bridgehead atoms. The summed E-state index contributed by atoms with van der Waals surface area (Å²) in [6.07, 6.45) is 4.73. The number of benzene rings is 2. The van der Waals surface area contributed by atoms with Crippen molar-refractivity contribution in [2.75, 3.05) is 20.8 Å². The fourth-order valence-corrected chi connectivity index (χ4v) is 4.45. The van der Waals surface area contributed by atoms with Gasteiger partial charge in [-0.15, -0.1) is 33.2 Å². The number of hydrogen-bond acceptors (Lipinski definition) is 4. The summed E-state index contributed by atoms with van der Waals surface area (Å²) in [6.45, 7) is 0.534. The van der Waals surface area contributed by atoms with Gasteiger partial charge >= 0.3 is 12.0 Å². The molecule has 0 fully saturated rings. The Hall–Kier alpha value is -1.66. The molecule has 0 aliphatic carbocycles. The third kappa shape index (κ3) is 8.31. The number of carbonyl (C=O) groups is 1. The first kappa shape index (κ1) is 23.6. The molecule has 0 saturated carbocycles. The van der Waals surface area contributed by atoms with E-state index < -0.39 is 6.00 Å². The molecular weight excluding hydrogens is 451 g/mol. The molecule has 4 nitrogen and oxygen atoms in total. The predicted octanol–water partition coefficient (Wildman–Crippen LogP) is 6.36. The van der Waals surface area contributed by atoms with E-state index in [4.69, 9.17) is 42.7 Å². The van der Waals surface area contributed by atoms with Crippen LogP contribution in [-0.2, 0) is 9.53 Å². The van der Waals surface area contributed by atoms with E-state index in [9.17, 15) is 4.79 Å². The van der Waals surface area contributed by atoms with Gasteiger partial charge in [0.25, 0.3) is 0 Å². The minimum atomic E-state index is -2.56. The van der Waals surface area contributed by atoms with Crippen molar-refractivity contribution in [1.82, 2.24) is 0 Å². The summed E-state index contributed by atoms with van der Waals surface area (Å²) < 4.78 is 15.9. The average molecular weight is 474 g/mol. The van der Waals surface area contributed by atoms with Crippen LogP contribution in [0, 0.1) is 0 Å². The lowest BCUT2D eigenvalue weighted by Crippen LogP contribution is -2.09. The third-order valence-electron chi connectivity index (χ3n) is 4.13. The standard InChI is InChI=1S/C21H23Cl3O4Si/c1-26-20-15-18(10-11-19(20)28-13-3-4-14-29(22,23)24)17-8-5-16(6-9-17)7-12-21(25)27-2/h5-12,15H,3-4,13-14H2,1-2H3. The molecule has 0 aromatic heterocycles. The van der Waals surface area contributed by atoms with Crippen LogP contribution in [0.4, 0.5) is 0 Å². The Bertz CT molecular complexity index is 833. The molecule has 0 radical (unpaired) electrons. The maximum atomic E-state index is 11.2. The summed E-state index contributed by atoms with van der Waals surface area (Å²) in [5.74, 6) is 0.955. The lowest BCUT2D eigenvalue weighted by Gasteiger charge is -2.13. The molecule has 0 amide bonds. The van der Waals surface area contributed by atoms with E-state index >= 15 is 0 Å². The average Bonchev–Trinajstić information content (AvgIpc) is 2.71. The van der Waals surface area contributed by atoms with Crippen molar-refractivity contribution in [3.8, 4) is 22.6 Å². The Balaban J connectivity index is 2.00. The number of carbonyl (C=O) groups excluding carboxylic acids is 1. The molecule has 8 heteroatoms. The van der Waals surface area contributed by atoms with Crippen LogP contribution in [0.5, 0.6) is 11.5 Å². The second-order valence-corrected chi connectivity index (χ2v) is 15.5. The molecular formula is C21H23Cl3O4Si. The van der Waals surface area contributed by atoms with Crippen LogP contribution >= 0.6 is 33.2 Å². The van der Waals surface area contributed by atoms with E-state index in [0.29, 0.717) is 24.2 Å². The van der Waals surface area contributed by atoms with Crippen molar-refractivity contribution in [2.45, 2.75) is 18.9 Å². The largest absolute Gasteiger partial charge is 0.493 e. The zero-order chi connectivity index (χ0) is 21.3. The maximum absolute atomic E-state index is 11.2. The van der Waals surface area contributed by atoms with E-state index in [1.165, 1.54) is 13.2 Å². The second-order valence-electron chi connectivity index (χ2n) is 6.26. The topological polar surface area (TPSA) is 44.8 Å². The smallest absolute Gasteiger partial charge is 0.341 e. The summed E-state index contributed by atoms with van der Waals surface area (Å²) in [6, 6.07) is 11.7. The number of halogens is 3. The molecule has 0 saturated heterocycles. The molecule has 0 spiro atoms. The molecule has 0 aliphatic heterocycles. The first-order valence-electron chi connectivity index (χ1n) is 9.06. The van der Waals surface area contributed by atoms with Crippen molar-refractivity contribution in [1.29, 1.82) is 0 Å². The first-order chi connectivity index (χ1) is 13.8. The van der Waals surface area contributed by atoms with Gasteiger partial charge in [0.15, 0.2) is 11.5 Å². The zero-order valence-corrected chi connectivity index (χ0v) is 19.6. The van der Waals surface area contributed by atoms with Crippen LogP contribution in [-0.4, -0.2) is 32.8 Å². The monoisotopic (exact) mass is 472 g/mol. The number of rotatable bonds is 10. The maximum Gasteiger partial charge on any atom is 0.341 e. The SMILES string of the molecule is COC(=O)C=Cc1ccc(-c2ccc(OCCCC[Si](Cl)(Cl)Cl)c(OC)c2)cc1. The highest BCUT2D eigenvalue weighted by Crippen LogP contribution is 2.33. The number of methoxy groups -OCH3 is 2. The van der Waals surface area contributed by atoms with Crippen molar-refractivity contribution < 1.29 is 19.0 Å². The van der Waals surface area contributed by atoms with Gasteiger partial charge < -0.3 is 14.2 Å². The molecule has 0 unspecified atom stereocenters. The van der Waals surface area contributed by atoms with Crippen molar-refractivity contribution >= 4 is 51.3 Å². The highest BCUT2D eigenvalue weighted by atomic mass is 35.8. The Morgan fingerprint density at radius 3 is 2.28 bits per heavy atom. The molecule has 2 aromatic rings. The van der Waals surface area contributed by atoms with Gasteiger partial charge in [-0.3, -0.25) is 0 Å². The van der Waals surface area contributed by atoms with Gasteiger partial charge in [-0.2, -0.15) is 0 Å². The number of esters is 1. The van der Waals surface area contributed by atoms with Crippen LogP contribution in [0.2, 0.25) is 6.04 Å². The Morgan fingerprint density at radius 2 is 1.66 bits per heavy atom. The molecule has 0 N–H and O–H groups in total. The summed E-state index contributed by atoms with van der Waals surface area (Å²) in [7, 11) is 2.96. The number of hydrogen-bond donors (Lipinski definition) is 0. The lowest BCUT2D eigenvalue weighted by atomic mass is 10.0. The van der Waals surface area contributed by atoms with Gasteiger partial charge in [0.05, 0.1) is 20.8 Å². The number of ether oxygens (including phenoxy) is 3. The highest BCUT2D eigenvalue weighted by molar-refractivity contribution is 7.64. The summed E-state index contributed by atoms with van der Waals surface area (Å²) in [5.41, 5.74) is 2.93. The molecule has 2 rings (SSSR count). The molecule has 0 aliphatic rings. The van der Waals surface area contributed by atoms with E-state index in [1.807, 2.05) is 42.5 Å². The van der Waals surface area contributed by atoms with E-state index in [-0.39, 0.29) is 5.97 Å². The van der Waals surface area contributed by atoms with Gasteiger partial charge in [0.1, 0.15) is 0 Å². The van der Waals surface area contributed by atoms with Crippen LogP contribution in [0.15, 0.2) is 48.5 Å². The van der Waals surface area contributed by atoms with E-state index in [0.717, 1.165) is 29.5 Å². The van der Waals surface area contributed by atoms with Gasteiger partial charge in [-0.25, -0.2) is 4.79 Å². The second kappa shape index (κ2) is 11.5. The number of unbranched alkanes of at least 4 members (excludes halogenated alkanes) is 1. The molecule has 156 valence electrons. The van der Waals surface area contributed by atoms with Gasteiger partial charge in [-0.05, 0) is 53.8 Å². The van der Waals surface area contributed by atoms with E-state index in [1.54, 1.807) is 13.2 Å². The Morgan fingerprint density at radius 1 is 0.966 bits per heavy atom. The fraction of sp³-hybridized carbons (Fsp3) is 0.286. The molecule has 0 atom stereocenters. The summed E-state index contributed by atoms with van der Waals surface area (Å²) >= 11 is 17.7. The van der Waals surface area contributed by atoms with Crippen molar-refractivity contribution in [3.63, 3.8) is 0 Å². The zero-order valence-electron chi connectivity index (χ0n) is 16.3. The fourth-order valence-electron chi connectivity index (χ4n) is 2.60. The van der Waals surface area contributed by atoms with Gasteiger partial charge in [-0.1, -0.05) is 30.3 Å². The van der Waals surface area contributed by atoms with Crippen LogP contribution in [0.1, 0.15) is 18.4 Å². The van der Waals surface area contributed by atoms with Gasteiger partial charge in [0, 0.05) is 6.08 Å². The summed E-state index contributed by atoms with van der Waals surface area (Å²) in [4.78, 5) is 11.2. The van der Waals surface area contributed by atoms with Gasteiger partial charge in [0.2, 0.25) is 0 Å². The van der Waals surface area contributed by atoms with Crippen molar-refractivity contribution in [2.24, 2.45) is 0 Å². The lowest BCUT2D eigenvalue weighted by molar-refractivity contribution is -0.134. The normalized spacial score (nSPS) is 11.5. The molecule has 2 aromatic carbocycles. The predicted molar refractivity (Wildman–Crippen MR) is 122 cm³/mol. The van der Waals surface area contributed by atoms with Crippen molar-refractivity contribution in [3.05, 3.63) is 54.1 Å². The Kier molecular flexibility index (Phi) is 9.37. The molecule has 29 heavy (non-hydrogen) atoms.